The Morgan fingerprint density at radius 3 is 2.26 bits per heavy atom. The second-order valence-corrected chi connectivity index (χ2v) is 10.7. The molecule has 0 radical (unpaired) electrons. The number of aliphatic hydroxyl groups excluding tert-OH is 1. The predicted octanol–water partition coefficient (Wildman–Crippen LogP) is 6.14. The van der Waals surface area contributed by atoms with E-state index in [1.165, 1.54) is 6.92 Å². The summed E-state index contributed by atoms with van der Waals surface area (Å²) in [7, 11) is 1.95. The van der Waals surface area contributed by atoms with Crippen LogP contribution in [-0.4, -0.2) is 47.3 Å². The van der Waals surface area contributed by atoms with Crippen LogP contribution in [0.25, 0.3) is 0 Å². The third-order valence-corrected chi connectivity index (χ3v) is 8.21. The number of carboxylic acid groups (broad SMARTS) is 1. The zero-order valence-electron chi connectivity index (χ0n) is 21.7. The van der Waals surface area contributed by atoms with Gasteiger partial charge in [-0.3, -0.25) is 9.69 Å². The van der Waals surface area contributed by atoms with Crippen LogP contribution in [0, 0.1) is 11.8 Å². The van der Waals surface area contributed by atoms with Crippen LogP contribution in [0.2, 0.25) is 0 Å². The fraction of sp³-hybridized carbons (Fsp3) is 0.536. The Morgan fingerprint density at radius 1 is 1.00 bits per heavy atom. The molecular formula is C28H32F6N2O3. The molecule has 214 valence electrons. The zero-order valence-corrected chi connectivity index (χ0v) is 21.7. The van der Waals surface area contributed by atoms with E-state index in [0.717, 1.165) is 24.1 Å². The number of hydrogen-bond acceptors (Lipinski definition) is 4. The second kappa shape index (κ2) is 11.0. The maximum Gasteiger partial charge on any atom is 0.416 e. The molecule has 2 aromatic carbocycles. The molecule has 1 unspecified atom stereocenters. The van der Waals surface area contributed by atoms with Crippen LogP contribution < -0.4 is 4.90 Å². The number of aliphatic carboxylic acids is 1. The smallest absolute Gasteiger partial charge is 0.416 e. The van der Waals surface area contributed by atoms with Gasteiger partial charge in [-0.05, 0) is 92.6 Å². The van der Waals surface area contributed by atoms with Gasteiger partial charge in [0, 0.05) is 25.3 Å². The first kappa shape index (κ1) is 29.2. The van der Waals surface area contributed by atoms with Gasteiger partial charge < -0.3 is 15.1 Å². The van der Waals surface area contributed by atoms with Crippen LogP contribution in [0.3, 0.4) is 0 Å². The van der Waals surface area contributed by atoms with Crippen molar-refractivity contribution in [1.82, 2.24) is 4.90 Å². The lowest BCUT2D eigenvalue weighted by Gasteiger charge is -2.44. The summed E-state index contributed by atoms with van der Waals surface area (Å²) in [6.07, 6.45) is -7.59. The number of likely N-dealkylation sites (tertiary alicyclic amines) is 1. The van der Waals surface area contributed by atoms with Crippen molar-refractivity contribution in [2.45, 2.75) is 63.7 Å². The highest BCUT2D eigenvalue weighted by Gasteiger charge is 2.38. The number of rotatable bonds is 6. The number of hydrogen-bond donors (Lipinski definition) is 2. The number of carboxylic acids is 1. The lowest BCUT2D eigenvalue weighted by molar-refractivity contribution is -0.145. The summed E-state index contributed by atoms with van der Waals surface area (Å²) in [6.45, 7) is 2.16. The first-order chi connectivity index (χ1) is 18.2. The summed E-state index contributed by atoms with van der Waals surface area (Å²) < 4.78 is 80.1. The Kier molecular flexibility index (Phi) is 8.23. The number of piperidine rings is 1. The highest BCUT2D eigenvalue weighted by Crippen LogP contribution is 2.40. The van der Waals surface area contributed by atoms with Crippen molar-refractivity contribution in [3.63, 3.8) is 0 Å². The fourth-order valence-electron chi connectivity index (χ4n) is 5.87. The number of aryl methyl sites for hydroxylation is 1. The van der Waals surface area contributed by atoms with Gasteiger partial charge in [0.25, 0.3) is 0 Å². The van der Waals surface area contributed by atoms with E-state index >= 15 is 0 Å². The normalized spacial score (nSPS) is 20.9. The van der Waals surface area contributed by atoms with E-state index in [9.17, 15) is 41.4 Å². The molecule has 0 spiro atoms. The Morgan fingerprint density at radius 2 is 1.67 bits per heavy atom. The summed E-state index contributed by atoms with van der Waals surface area (Å²) in [5.74, 6) is -1.83. The Labute approximate surface area is 223 Å². The lowest BCUT2D eigenvalue weighted by atomic mass is 9.82. The third kappa shape index (κ3) is 6.35. The minimum atomic E-state index is -4.75. The Balaban J connectivity index is 1.45. The lowest BCUT2D eigenvalue weighted by Crippen LogP contribution is -2.46. The average molecular weight is 559 g/mol. The van der Waals surface area contributed by atoms with Crippen LogP contribution in [0.5, 0.6) is 0 Å². The fourth-order valence-corrected chi connectivity index (χ4v) is 5.87. The largest absolute Gasteiger partial charge is 0.481 e. The molecule has 2 aliphatic rings. The van der Waals surface area contributed by atoms with Gasteiger partial charge in [-0.15, -0.1) is 0 Å². The van der Waals surface area contributed by atoms with E-state index < -0.39 is 41.5 Å². The number of fused-ring (bicyclic) bond motifs is 1. The van der Waals surface area contributed by atoms with Gasteiger partial charge in [-0.2, -0.15) is 26.3 Å². The summed E-state index contributed by atoms with van der Waals surface area (Å²) in [5, 5.41) is 19.8. The molecule has 0 amide bonds. The third-order valence-electron chi connectivity index (χ3n) is 8.21. The number of aliphatic hydroxyl groups is 1. The molecule has 0 saturated carbocycles. The minimum Gasteiger partial charge on any atom is -0.481 e. The molecular weight excluding hydrogens is 526 g/mol. The van der Waals surface area contributed by atoms with Gasteiger partial charge in [0.15, 0.2) is 0 Å². The monoisotopic (exact) mass is 558 g/mol. The standard InChI is InChI=1S/C28H32F6N2O3/c1-16(26(38)39)25(37)19-4-3-17-5-8-23(35(2)24(17)14-19)18-9-11-36(12-10-18)15-20-13-21(27(29,30)31)6-7-22(20)28(32,33)34/h3-4,6-7,13-14,16,18,23,25,37H,5,8-12,15H2,1-2H3,(H,38,39)/t16-,23?,25+/m0/s1. The van der Waals surface area contributed by atoms with E-state index in [0.29, 0.717) is 49.7 Å². The van der Waals surface area contributed by atoms with Gasteiger partial charge in [0.05, 0.1) is 23.1 Å². The van der Waals surface area contributed by atoms with Crippen molar-refractivity contribution in [2.75, 3.05) is 25.0 Å². The van der Waals surface area contributed by atoms with Crippen molar-refractivity contribution in [3.05, 3.63) is 64.2 Å². The molecule has 2 aliphatic heterocycles. The SMILES string of the molecule is C[C@H](C(=O)O)[C@@H](O)c1ccc2c(c1)N(C)C(C1CCN(Cc3cc(C(F)(F)F)ccc3C(F)(F)F)CC1)CC2. The molecule has 2 heterocycles. The molecule has 39 heavy (non-hydrogen) atoms. The first-order valence-corrected chi connectivity index (χ1v) is 12.9. The zero-order chi connectivity index (χ0) is 28.7. The molecule has 2 aromatic rings. The Bertz CT molecular complexity index is 1190. The quantitative estimate of drug-likeness (QED) is 0.417. The number of anilines is 1. The molecule has 0 bridgehead atoms. The van der Waals surface area contributed by atoms with E-state index in [1.54, 1.807) is 11.0 Å². The average Bonchev–Trinajstić information content (AvgIpc) is 2.87. The van der Waals surface area contributed by atoms with Gasteiger partial charge in [-0.1, -0.05) is 12.1 Å². The summed E-state index contributed by atoms with van der Waals surface area (Å²) in [6, 6.07) is 7.22. The number of halogens is 6. The number of nitrogens with zero attached hydrogens (tertiary/aromatic N) is 2. The highest BCUT2D eigenvalue weighted by molar-refractivity contribution is 5.71. The van der Waals surface area contributed by atoms with E-state index in [2.05, 4.69) is 4.90 Å². The van der Waals surface area contributed by atoms with Crippen molar-refractivity contribution in [2.24, 2.45) is 11.8 Å². The number of alkyl halides is 6. The first-order valence-electron chi connectivity index (χ1n) is 12.9. The molecule has 11 heteroatoms. The van der Waals surface area contributed by atoms with Crippen molar-refractivity contribution in [1.29, 1.82) is 0 Å². The molecule has 5 nitrogen and oxygen atoms in total. The molecule has 1 fully saturated rings. The van der Waals surface area contributed by atoms with Crippen LogP contribution in [0.4, 0.5) is 32.0 Å². The Hall–Kier alpha value is -2.79. The van der Waals surface area contributed by atoms with E-state index in [1.807, 2.05) is 19.2 Å². The summed E-state index contributed by atoms with van der Waals surface area (Å²) >= 11 is 0. The van der Waals surface area contributed by atoms with Crippen molar-refractivity contribution < 1.29 is 41.4 Å². The van der Waals surface area contributed by atoms with Crippen LogP contribution >= 0.6 is 0 Å². The van der Waals surface area contributed by atoms with Gasteiger partial charge in [-0.25, -0.2) is 0 Å². The van der Waals surface area contributed by atoms with Crippen molar-refractivity contribution >= 4 is 11.7 Å². The maximum absolute atomic E-state index is 13.5. The second-order valence-electron chi connectivity index (χ2n) is 10.7. The maximum atomic E-state index is 13.5. The minimum absolute atomic E-state index is 0.142. The molecule has 0 aliphatic carbocycles. The van der Waals surface area contributed by atoms with Crippen LogP contribution in [0.1, 0.15) is 60.1 Å². The molecule has 4 rings (SSSR count). The number of carbonyl (C=O) groups is 1. The van der Waals surface area contributed by atoms with Gasteiger partial charge in [0.1, 0.15) is 0 Å². The van der Waals surface area contributed by atoms with Gasteiger partial charge in [0.2, 0.25) is 0 Å². The molecule has 0 aromatic heterocycles. The van der Waals surface area contributed by atoms with Crippen LogP contribution in [-0.2, 0) is 30.1 Å². The van der Waals surface area contributed by atoms with E-state index in [-0.39, 0.29) is 24.1 Å². The summed E-state index contributed by atoms with van der Waals surface area (Å²) in [4.78, 5) is 15.2. The van der Waals surface area contributed by atoms with Crippen LogP contribution in [0.15, 0.2) is 36.4 Å². The van der Waals surface area contributed by atoms with E-state index in [4.69, 9.17) is 0 Å². The molecule has 2 N–H and O–H groups in total. The topological polar surface area (TPSA) is 64.0 Å². The predicted molar refractivity (Wildman–Crippen MR) is 133 cm³/mol. The number of benzene rings is 2. The molecule has 1 saturated heterocycles. The summed E-state index contributed by atoms with van der Waals surface area (Å²) in [5.41, 5.74) is 0.0196. The highest BCUT2D eigenvalue weighted by atomic mass is 19.4. The van der Waals surface area contributed by atoms with Crippen molar-refractivity contribution in [3.8, 4) is 0 Å². The van der Waals surface area contributed by atoms with Gasteiger partial charge >= 0.3 is 18.3 Å². The molecule has 3 atom stereocenters.